The lowest BCUT2D eigenvalue weighted by molar-refractivity contribution is 0.295. The number of nitrogens with zero attached hydrogens (tertiary/aromatic N) is 2. The molecule has 0 saturated heterocycles. The van der Waals surface area contributed by atoms with Crippen molar-refractivity contribution < 1.29 is 0 Å². The van der Waals surface area contributed by atoms with Gasteiger partial charge >= 0.3 is 0 Å². The van der Waals surface area contributed by atoms with Crippen molar-refractivity contribution in [1.29, 1.82) is 0 Å². The zero-order chi connectivity index (χ0) is 15.9. The molecule has 0 fully saturated rings. The summed E-state index contributed by atoms with van der Waals surface area (Å²) in [5, 5.41) is 3.19. The Morgan fingerprint density at radius 2 is 1.68 bits per heavy atom. The first kappa shape index (κ1) is 21.2. The van der Waals surface area contributed by atoms with Crippen LogP contribution in [0.25, 0.3) is 0 Å². The number of aliphatic imine (C=N–C) groups is 1. The van der Waals surface area contributed by atoms with Gasteiger partial charge in [0.15, 0.2) is 5.96 Å². The van der Waals surface area contributed by atoms with Gasteiger partial charge in [-0.15, -0.1) is 24.0 Å². The molecule has 22 heavy (non-hydrogen) atoms. The fraction of sp³-hybridized carbons (Fsp3) is 0.588. The Balaban J connectivity index is 0.00000441. The van der Waals surface area contributed by atoms with Gasteiger partial charge in [0.1, 0.15) is 0 Å². The molecule has 1 aromatic rings. The van der Waals surface area contributed by atoms with E-state index in [1.807, 2.05) is 0 Å². The predicted octanol–water partition coefficient (Wildman–Crippen LogP) is 3.35. The van der Waals surface area contributed by atoms with Crippen LogP contribution in [0, 0.1) is 0 Å². The first-order chi connectivity index (χ1) is 9.85. The molecule has 0 heterocycles. The second-order valence-electron chi connectivity index (χ2n) is 6.31. The molecule has 0 unspecified atom stereocenters. The minimum atomic E-state index is -0.0612. The maximum absolute atomic E-state index is 5.94. The second-order valence-corrected chi connectivity index (χ2v) is 6.31. The molecule has 0 radical (unpaired) electrons. The highest BCUT2D eigenvalue weighted by atomic mass is 127. The van der Waals surface area contributed by atoms with Gasteiger partial charge < -0.3 is 11.1 Å². The van der Waals surface area contributed by atoms with E-state index in [1.165, 1.54) is 11.1 Å². The summed E-state index contributed by atoms with van der Waals surface area (Å²) in [6.07, 6.45) is 0. The standard InChI is InChI=1S/C17H30N4.HI/c1-6-21(7-2)13-15-11-9-8-10-14(15)12-19-16(18)20-17(3,4)5;/h8-11H,6-7,12-13H2,1-5H3,(H3,18,19,20);1H. The Bertz CT molecular complexity index is 462. The number of hydrogen-bond acceptors (Lipinski definition) is 2. The Hall–Kier alpha value is -0.820. The first-order valence-corrected chi connectivity index (χ1v) is 7.73. The predicted molar refractivity (Wildman–Crippen MR) is 107 cm³/mol. The minimum Gasteiger partial charge on any atom is -0.370 e. The Kier molecular flexibility index (Phi) is 9.67. The molecule has 1 rings (SSSR count). The molecule has 4 nitrogen and oxygen atoms in total. The van der Waals surface area contributed by atoms with E-state index in [9.17, 15) is 0 Å². The molecular weight excluding hydrogens is 387 g/mol. The minimum absolute atomic E-state index is 0. The molecule has 1 aromatic carbocycles. The zero-order valence-electron chi connectivity index (χ0n) is 14.5. The van der Waals surface area contributed by atoms with E-state index in [-0.39, 0.29) is 29.5 Å². The second kappa shape index (κ2) is 10.0. The summed E-state index contributed by atoms with van der Waals surface area (Å²) < 4.78 is 0. The third kappa shape index (κ3) is 7.98. The van der Waals surface area contributed by atoms with Gasteiger partial charge in [-0.05, 0) is 45.0 Å². The Morgan fingerprint density at radius 1 is 1.14 bits per heavy atom. The summed E-state index contributed by atoms with van der Waals surface area (Å²) in [6, 6.07) is 8.45. The highest BCUT2D eigenvalue weighted by Crippen LogP contribution is 2.13. The smallest absolute Gasteiger partial charge is 0.189 e. The molecule has 0 amide bonds. The van der Waals surface area contributed by atoms with Crippen molar-refractivity contribution in [3.63, 3.8) is 0 Å². The van der Waals surface area contributed by atoms with Crippen molar-refractivity contribution in [2.24, 2.45) is 10.7 Å². The van der Waals surface area contributed by atoms with Crippen LogP contribution >= 0.6 is 24.0 Å². The van der Waals surface area contributed by atoms with Crippen molar-refractivity contribution in [3.05, 3.63) is 35.4 Å². The van der Waals surface area contributed by atoms with Crippen molar-refractivity contribution in [1.82, 2.24) is 10.2 Å². The number of hydrogen-bond donors (Lipinski definition) is 2. The number of benzene rings is 1. The molecule has 5 heteroatoms. The first-order valence-electron chi connectivity index (χ1n) is 7.73. The Labute approximate surface area is 152 Å². The lowest BCUT2D eigenvalue weighted by Crippen LogP contribution is -2.45. The van der Waals surface area contributed by atoms with Crippen LogP contribution in [-0.2, 0) is 13.1 Å². The highest BCUT2D eigenvalue weighted by Gasteiger charge is 2.10. The fourth-order valence-corrected chi connectivity index (χ4v) is 2.15. The average molecular weight is 418 g/mol. The molecular formula is C17H31IN4. The van der Waals surface area contributed by atoms with Gasteiger partial charge in [-0.3, -0.25) is 4.90 Å². The van der Waals surface area contributed by atoms with Crippen LogP contribution in [0.3, 0.4) is 0 Å². The van der Waals surface area contributed by atoms with Gasteiger partial charge in [0.05, 0.1) is 6.54 Å². The van der Waals surface area contributed by atoms with Crippen LogP contribution in [0.1, 0.15) is 45.7 Å². The lowest BCUT2D eigenvalue weighted by atomic mass is 10.1. The molecule has 0 aliphatic heterocycles. The van der Waals surface area contributed by atoms with Gasteiger partial charge in [-0.25, -0.2) is 4.99 Å². The fourth-order valence-electron chi connectivity index (χ4n) is 2.15. The van der Waals surface area contributed by atoms with E-state index >= 15 is 0 Å². The third-order valence-corrected chi connectivity index (χ3v) is 3.33. The van der Waals surface area contributed by atoms with Crippen LogP contribution < -0.4 is 11.1 Å². The average Bonchev–Trinajstić information content (AvgIpc) is 2.41. The van der Waals surface area contributed by atoms with Crippen LogP contribution in [-0.4, -0.2) is 29.5 Å². The van der Waals surface area contributed by atoms with Gasteiger partial charge in [-0.1, -0.05) is 38.1 Å². The number of rotatable bonds is 6. The molecule has 3 N–H and O–H groups in total. The molecule has 0 aliphatic carbocycles. The van der Waals surface area contributed by atoms with Gasteiger partial charge in [0.25, 0.3) is 0 Å². The van der Waals surface area contributed by atoms with Crippen molar-refractivity contribution in [2.75, 3.05) is 13.1 Å². The molecule has 0 bridgehead atoms. The van der Waals surface area contributed by atoms with Crippen molar-refractivity contribution in [2.45, 2.75) is 53.2 Å². The maximum atomic E-state index is 5.94. The Morgan fingerprint density at radius 3 is 2.18 bits per heavy atom. The molecule has 0 saturated carbocycles. The van der Waals surface area contributed by atoms with Crippen molar-refractivity contribution in [3.8, 4) is 0 Å². The summed E-state index contributed by atoms with van der Waals surface area (Å²) in [4.78, 5) is 6.87. The van der Waals surface area contributed by atoms with E-state index < -0.39 is 0 Å². The van der Waals surface area contributed by atoms with Crippen LogP contribution in [0.4, 0.5) is 0 Å². The summed E-state index contributed by atoms with van der Waals surface area (Å²) in [5.74, 6) is 0.500. The van der Waals surface area contributed by atoms with Crippen LogP contribution in [0.5, 0.6) is 0 Å². The van der Waals surface area contributed by atoms with E-state index in [1.54, 1.807) is 0 Å². The maximum Gasteiger partial charge on any atom is 0.189 e. The van der Waals surface area contributed by atoms with Crippen molar-refractivity contribution >= 4 is 29.9 Å². The topological polar surface area (TPSA) is 53.6 Å². The molecule has 0 spiro atoms. The van der Waals surface area contributed by atoms with E-state index in [2.05, 4.69) is 74.1 Å². The zero-order valence-corrected chi connectivity index (χ0v) is 16.8. The number of halogens is 1. The quantitative estimate of drug-likeness (QED) is 0.423. The van der Waals surface area contributed by atoms with Gasteiger partial charge in [0.2, 0.25) is 0 Å². The summed E-state index contributed by atoms with van der Waals surface area (Å²) in [5.41, 5.74) is 8.44. The summed E-state index contributed by atoms with van der Waals surface area (Å²) in [7, 11) is 0. The largest absolute Gasteiger partial charge is 0.370 e. The van der Waals surface area contributed by atoms with E-state index in [0.29, 0.717) is 12.5 Å². The van der Waals surface area contributed by atoms with Gasteiger partial charge in [0, 0.05) is 12.1 Å². The van der Waals surface area contributed by atoms with E-state index in [0.717, 1.165) is 19.6 Å². The molecule has 126 valence electrons. The third-order valence-electron chi connectivity index (χ3n) is 3.33. The summed E-state index contributed by atoms with van der Waals surface area (Å²) >= 11 is 0. The number of nitrogens with one attached hydrogen (secondary N) is 1. The highest BCUT2D eigenvalue weighted by molar-refractivity contribution is 14.0. The number of nitrogens with two attached hydrogens (primary N) is 1. The molecule has 0 aliphatic rings. The molecule has 0 atom stereocenters. The van der Waals surface area contributed by atoms with Gasteiger partial charge in [-0.2, -0.15) is 0 Å². The van der Waals surface area contributed by atoms with E-state index in [4.69, 9.17) is 5.73 Å². The SMILES string of the molecule is CCN(CC)Cc1ccccc1CN=C(N)NC(C)(C)C.I. The monoisotopic (exact) mass is 418 g/mol. The number of guanidine groups is 1. The normalized spacial score (nSPS) is 12.2. The molecule has 0 aromatic heterocycles. The lowest BCUT2D eigenvalue weighted by Gasteiger charge is -2.21. The summed E-state index contributed by atoms with van der Waals surface area (Å²) in [6.45, 7) is 14.3. The van der Waals surface area contributed by atoms with Crippen LogP contribution in [0.2, 0.25) is 0 Å². The van der Waals surface area contributed by atoms with Crippen LogP contribution in [0.15, 0.2) is 29.3 Å².